The second-order valence-corrected chi connectivity index (χ2v) is 4.18. The van der Waals surface area contributed by atoms with E-state index in [2.05, 4.69) is 0 Å². The number of rotatable bonds is 3. The summed E-state index contributed by atoms with van der Waals surface area (Å²) in [5.74, 6) is 0.714. The normalized spacial score (nSPS) is 12.4. The van der Waals surface area contributed by atoms with Gasteiger partial charge in [0.25, 0.3) is 0 Å². The summed E-state index contributed by atoms with van der Waals surface area (Å²) in [5, 5.41) is 0.303. The lowest BCUT2D eigenvalue weighted by Gasteiger charge is -2.12. The van der Waals surface area contributed by atoms with Crippen molar-refractivity contribution in [2.24, 2.45) is 0 Å². The number of alkyl halides is 1. The molecule has 0 aliphatic rings. The Labute approximate surface area is 104 Å². The molecule has 0 spiro atoms. The van der Waals surface area contributed by atoms with Crippen LogP contribution in [0.4, 0.5) is 0 Å². The van der Waals surface area contributed by atoms with Crippen molar-refractivity contribution in [3.05, 3.63) is 52.9 Å². The molecule has 0 radical (unpaired) electrons. The number of ether oxygens (including phenoxy) is 1. The van der Waals surface area contributed by atoms with Crippen LogP contribution in [0, 0.1) is 0 Å². The summed E-state index contributed by atoms with van der Waals surface area (Å²) in [6.45, 7) is 0. The SMILES string of the molecule is COc1ccc(Cl)cc1C(Cl)c1ccoc1. The third kappa shape index (κ3) is 2.18. The van der Waals surface area contributed by atoms with Crippen LogP contribution in [-0.2, 0) is 0 Å². The van der Waals surface area contributed by atoms with Crippen LogP contribution in [0.2, 0.25) is 5.02 Å². The zero-order valence-electron chi connectivity index (χ0n) is 8.61. The first kappa shape index (κ1) is 11.4. The van der Waals surface area contributed by atoms with Gasteiger partial charge in [0, 0.05) is 16.1 Å². The molecule has 2 nitrogen and oxygen atoms in total. The third-order valence-corrected chi connectivity index (χ3v) is 3.02. The molecule has 0 N–H and O–H groups in total. The van der Waals surface area contributed by atoms with E-state index >= 15 is 0 Å². The van der Waals surface area contributed by atoms with Gasteiger partial charge in [-0.3, -0.25) is 0 Å². The Morgan fingerprint density at radius 1 is 1.31 bits per heavy atom. The third-order valence-electron chi connectivity index (χ3n) is 2.30. The molecule has 2 rings (SSSR count). The van der Waals surface area contributed by atoms with Crippen LogP contribution in [0.25, 0.3) is 0 Å². The van der Waals surface area contributed by atoms with Crippen molar-refractivity contribution in [1.82, 2.24) is 0 Å². The molecule has 0 bridgehead atoms. The molecule has 1 atom stereocenters. The van der Waals surface area contributed by atoms with Crippen molar-refractivity contribution in [3.63, 3.8) is 0 Å². The minimum atomic E-state index is -0.326. The lowest BCUT2D eigenvalue weighted by Crippen LogP contribution is -1.96. The Kier molecular flexibility index (Phi) is 3.42. The van der Waals surface area contributed by atoms with Gasteiger partial charge >= 0.3 is 0 Å². The molecule has 16 heavy (non-hydrogen) atoms. The Morgan fingerprint density at radius 3 is 2.75 bits per heavy atom. The number of methoxy groups -OCH3 is 1. The van der Waals surface area contributed by atoms with Crippen LogP contribution in [0.3, 0.4) is 0 Å². The lowest BCUT2D eigenvalue weighted by molar-refractivity contribution is 0.410. The first-order valence-corrected chi connectivity index (χ1v) is 5.53. The highest BCUT2D eigenvalue weighted by Gasteiger charge is 2.17. The van der Waals surface area contributed by atoms with Gasteiger partial charge in [-0.05, 0) is 24.3 Å². The summed E-state index contributed by atoms with van der Waals surface area (Å²) in [7, 11) is 1.60. The van der Waals surface area contributed by atoms with E-state index in [0.29, 0.717) is 10.8 Å². The predicted octanol–water partition coefficient (Wildman–Crippen LogP) is 4.27. The summed E-state index contributed by atoms with van der Waals surface area (Å²) in [6, 6.07) is 7.18. The van der Waals surface area contributed by atoms with E-state index in [1.165, 1.54) is 0 Å². The fourth-order valence-corrected chi connectivity index (χ4v) is 1.98. The fourth-order valence-electron chi connectivity index (χ4n) is 1.50. The first-order valence-electron chi connectivity index (χ1n) is 4.72. The smallest absolute Gasteiger partial charge is 0.124 e. The Hall–Kier alpha value is -1.12. The maximum absolute atomic E-state index is 6.33. The number of hydrogen-bond donors (Lipinski definition) is 0. The Bertz CT molecular complexity index is 466. The molecule has 1 aromatic carbocycles. The maximum atomic E-state index is 6.33. The Balaban J connectivity index is 2.42. The van der Waals surface area contributed by atoms with E-state index in [1.807, 2.05) is 6.07 Å². The van der Waals surface area contributed by atoms with E-state index in [9.17, 15) is 0 Å². The lowest BCUT2D eigenvalue weighted by atomic mass is 10.1. The second kappa shape index (κ2) is 4.81. The van der Waals surface area contributed by atoms with Gasteiger partial charge in [-0.1, -0.05) is 11.6 Å². The number of halogens is 2. The van der Waals surface area contributed by atoms with Crippen molar-refractivity contribution in [1.29, 1.82) is 0 Å². The van der Waals surface area contributed by atoms with Gasteiger partial charge in [0.1, 0.15) is 5.75 Å². The molecule has 1 aromatic heterocycles. The molecule has 0 saturated heterocycles. The molecule has 4 heteroatoms. The largest absolute Gasteiger partial charge is 0.496 e. The van der Waals surface area contributed by atoms with Crippen molar-refractivity contribution < 1.29 is 9.15 Å². The highest BCUT2D eigenvalue weighted by atomic mass is 35.5. The maximum Gasteiger partial charge on any atom is 0.124 e. The average Bonchev–Trinajstić information content (AvgIpc) is 2.81. The molecule has 0 aliphatic carbocycles. The summed E-state index contributed by atoms with van der Waals surface area (Å²) < 4.78 is 10.2. The summed E-state index contributed by atoms with van der Waals surface area (Å²) >= 11 is 12.3. The summed E-state index contributed by atoms with van der Waals surface area (Å²) in [4.78, 5) is 0. The van der Waals surface area contributed by atoms with Gasteiger partial charge in [-0.25, -0.2) is 0 Å². The van der Waals surface area contributed by atoms with Gasteiger partial charge < -0.3 is 9.15 Å². The summed E-state index contributed by atoms with van der Waals surface area (Å²) in [6.07, 6.45) is 3.19. The molecule has 1 heterocycles. The molecule has 0 saturated carbocycles. The van der Waals surface area contributed by atoms with Gasteiger partial charge in [0.05, 0.1) is 25.0 Å². The monoisotopic (exact) mass is 256 g/mol. The quantitative estimate of drug-likeness (QED) is 0.766. The molecule has 0 fully saturated rings. The molecule has 1 unspecified atom stereocenters. The standard InChI is InChI=1S/C12H10Cl2O2/c1-15-11-3-2-9(13)6-10(11)12(14)8-4-5-16-7-8/h2-7,12H,1H3. The molecule has 0 aliphatic heterocycles. The van der Waals surface area contributed by atoms with E-state index in [4.69, 9.17) is 32.4 Å². The minimum Gasteiger partial charge on any atom is -0.496 e. The van der Waals surface area contributed by atoms with E-state index in [1.54, 1.807) is 37.8 Å². The van der Waals surface area contributed by atoms with Crippen LogP contribution in [0.5, 0.6) is 5.75 Å². The first-order chi connectivity index (χ1) is 7.72. The number of furan rings is 1. The highest BCUT2D eigenvalue weighted by molar-refractivity contribution is 6.31. The predicted molar refractivity (Wildman–Crippen MR) is 64.4 cm³/mol. The minimum absolute atomic E-state index is 0.326. The van der Waals surface area contributed by atoms with Gasteiger partial charge in [-0.15, -0.1) is 11.6 Å². The second-order valence-electron chi connectivity index (χ2n) is 3.31. The average molecular weight is 257 g/mol. The van der Waals surface area contributed by atoms with Gasteiger partial charge in [0.15, 0.2) is 0 Å². The van der Waals surface area contributed by atoms with Gasteiger partial charge in [0.2, 0.25) is 0 Å². The zero-order valence-corrected chi connectivity index (χ0v) is 10.1. The van der Waals surface area contributed by atoms with Crippen molar-refractivity contribution in [3.8, 4) is 5.75 Å². The van der Waals surface area contributed by atoms with E-state index < -0.39 is 0 Å². The fraction of sp³-hybridized carbons (Fsp3) is 0.167. The zero-order chi connectivity index (χ0) is 11.5. The van der Waals surface area contributed by atoms with E-state index in [0.717, 1.165) is 11.1 Å². The van der Waals surface area contributed by atoms with Gasteiger partial charge in [-0.2, -0.15) is 0 Å². The Morgan fingerprint density at radius 2 is 2.12 bits per heavy atom. The van der Waals surface area contributed by atoms with Crippen molar-refractivity contribution >= 4 is 23.2 Å². The number of hydrogen-bond acceptors (Lipinski definition) is 2. The molecule has 0 amide bonds. The molecule has 84 valence electrons. The van der Waals surface area contributed by atoms with Crippen LogP contribution in [-0.4, -0.2) is 7.11 Å². The van der Waals surface area contributed by atoms with Crippen molar-refractivity contribution in [2.45, 2.75) is 5.38 Å². The molecular formula is C12H10Cl2O2. The van der Waals surface area contributed by atoms with Crippen molar-refractivity contribution in [2.75, 3.05) is 7.11 Å². The van der Waals surface area contributed by atoms with E-state index in [-0.39, 0.29) is 5.38 Å². The molecule has 2 aromatic rings. The van der Waals surface area contributed by atoms with Crippen LogP contribution in [0.15, 0.2) is 41.2 Å². The summed E-state index contributed by atoms with van der Waals surface area (Å²) in [5.41, 5.74) is 1.71. The number of benzene rings is 1. The highest BCUT2D eigenvalue weighted by Crippen LogP contribution is 2.36. The van der Waals surface area contributed by atoms with Crippen LogP contribution in [0.1, 0.15) is 16.5 Å². The molecular weight excluding hydrogens is 247 g/mol. The van der Waals surface area contributed by atoms with Crippen LogP contribution >= 0.6 is 23.2 Å². The topological polar surface area (TPSA) is 22.4 Å². The van der Waals surface area contributed by atoms with Crippen LogP contribution < -0.4 is 4.74 Å².